The molecule has 0 radical (unpaired) electrons. The van der Waals surface area contributed by atoms with Crippen LogP contribution in [0, 0.1) is 5.41 Å². The van der Waals surface area contributed by atoms with Crippen molar-refractivity contribution >= 4 is 17.0 Å². The van der Waals surface area contributed by atoms with Gasteiger partial charge >= 0.3 is 6.18 Å². The maximum absolute atomic E-state index is 13.3. The maximum Gasteiger partial charge on any atom is 0.433 e. The second kappa shape index (κ2) is 6.65. The number of nitrogens with one attached hydrogen (secondary N) is 1. The Kier molecular flexibility index (Phi) is 4.34. The highest BCUT2D eigenvalue weighted by molar-refractivity contribution is 5.84. The first-order valence-corrected chi connectivity index (χ1v) is 10.2. The Balaban J connectivity index is 1.58. The summed E-state index contributed by atoms with van der Waals surface area (Å²) < 4.78 is 46.9. The number of hydrogen-bond donors (Lipinski definition) is 1. The lowest BCUT2D eigenvalue weighted by Gasteiger charge is -2.37. The molecule has 2 aliphatic rings. The zero-order valence-electron chi connectivity index (χ0n) is 17.6. The van der Waals surface area contributed by atoms with Crippen molar-refractivity contribution in [3.8, 4) is 0 Å². The summed E-state index contributed by atoms with van der Waals surface area (Å²) in [7, 11) is 0. The number of imidazole rings is 1. The van der Waals surface area contributed by atoms with Crippen molar-refractivity contribution in [2.24, 2.45) is 5.41 Å². The third kappa shape index (κ3) is 3.44. The van der Waals surface area contributed by atoms with Gasteiger partial charge < -0.3 is 14.2 Å². The van der Waals surface area contributed by atoms with Crippen LogP contribution in [0.4, 0.5) is 19.0 Å². The number of rotatable bonds is 3. The quantitative estimate of drug-likeness (QED) is 0.681. The molecule has 0 saturated carbocycles. The molecule has 1 N–H and O–H groups in total. The Hall–Kier alpha value is -2.69. The van der Waals surface area contributed by atoms with Crippen molar-refractivity contribution in [3.63, 3.8) is 0 Å². The van der Waals surface area contributed by atoms with Gasteiger partial charge in [-0.05, 0) is 6.42 Å². The zero-order valence-corrected chi connectivity index (χ0v) is 17.6. The molecule has 5 heterocycles. The molecule has 0 unspecified atom stereocenters. The van der Waals surface area contributed by atoms with Crippen LogP contribution >= 0.6 is 0 Å². The minimum Gasteiger partial charge on any atom is -0.380 e. The third-order valence-corrected chi connectivity index (χ3v) is 6.01. The SMILES string of the molecule is CC(C)(C)c1nc(N2CCC3(COC3)C2)c2ncn(Cc3cn[nH]c3C(F)(F)F)c2n1. The smallest absolute Gasteiger partial charge is 0.380 e. The van der Waals surface area contributed by atoms with Gasteiger partial charge in [0.1, 0.15) is 11.5 Å². The number of aromatic nitrogens is 6. The van der Waals surface area contributed by atoms with Crippen LogP contribution < -0.4 is 4.90 Å². The number of H-pyrrole nitrogens is 1. The number of aromatic amines is 1. The lowest BCUT2D eigenvalue weighted by molar-refractivity contribution is -0.141. The van der Waals surface area contributed by atoms with E-state index in [4.69, 9.17) is 14.7 Å². The molecule has 31 heavy (non-hydrogen) atoms. The lowest BCUT2D eigenvalue weighted by atomic mass is 9.85. The molecule has 2 saturated heterocycles. The minimum absolute atomic E-state index is 0.0380. The fourth-order valence-electron chi connectivity index (χ4n) is 4.20. The van der Waals surface area contributed by atoms with E-state index in [0.29, 0.717) is 17.0 Å². The topological polar surface area (TPSA) is 84.8 Å². The highest BCUT2D eigenvalue weighted by atomic mass is 19.4. The second-order valence-corrected chi connectivity index (χ2v) is 9.60. The Morgan fingerprint density at radius 2 is 1.97 bits per heavy atom. The molecule has 11 heteroatoms. The predicted octanol–water partition coefficient (Wildman–Crippen LogP) is 3.14. The number of fused-ring (bicyclic) bond motifs is 1. The third-order valence-electron chi connectivity index (χ3n) is 6.01. The monoisotopic (exact) mass is 435 g/mol. The van der Waals surface area contributed by atoms with Crippen LogP contribution in [0.25, 0.3) is 11.2 Å². The van der Waals surface area contributed by atoms with E-state index >= 15 is 0 Å². The van der Waals surface area contributed by atoms with Crippen LogP contribution in [0.1, 0.15) is 44.3 Å². The molecule has 166 valence electrons. The van der Waals surface area contributed by atoms with E-state index in [2.05, 4.69) is 20.1 Å². The Labute approximate surface area is 176 Å². The van der Waals surface area contributed by atoms with Crippen LogP contribution in [-0.4, -0.2) is 56.0 Å². The number of nitrogens with zero attached hydrogens (tertiary/aromatic N) is 6. The fraction of sp³-hybridized carbons (Fsp3) is 0.600. The van der Waals surface area contributed by atoms with Crippen molar-refractivity contribution in [1.29, 1.82) is 0 Å². The first-order valence-electron chi connectivity index (χ1n) is 10.2. The van der Waals surface area contributed by atoms with E-state index in [-0.39, 0.29) is 22.9 Å². The van der Waals surface area contributed by atoms with Crippen LogP contribution in [0.2, 0.25) is 0 Å². The first-order chi connectivity index (χ1) is 14.6. The lowest BCUT2D eigenvalue weighted by Crippen LogP contribution is -2.44. The summed E-state index contributed by atoms with van der Waals surface area (Å²) in [6.07, 6.45) is -0.759. The first kappa shape index (κ1) is 20.2. The summed E-state index contributed by atoms with van der Waals surface area (Å²) in [6.45, 7) is 9.17. The van der Waals surface area contributed by atoms with Gasteiger partial charge in [0.25, 0.3) is 0 Å². The summed E-state index contributed by atoms with van der Waals surface area (Å²) in [5, 5.41) is 5.65. The second-order valence-electron chi connectivity index (χ2n) is 9.60. The van der Waals surface area contributed by atoms with Gasteiger partial charge in [-0.1, -0.05) is 20.8 Å². The minimum atomic E-state index is -4.51. The van der Waals surface area contributed by atoms with Crippen LogP contribution in [0.3, 0.4) is 0 Å². The molecule has 1 spiro atoms. The van der Waals surface area contributed by atoms with E-state index < -0.39 is 11.9 Å². The molecule has 0 atom stereocenters. The van der Waals surface area contributed by atoms with Gasteiger partial charge in [0, 0.05) is 29.5 Å². The van der Waals surface area contributed by atoms with Crippen molar-refractivity contribution < 1.29 is 17.9 Å². The average molecular weight is 435 g/mol. The molecular weight excluding hydrogens is 411 g/mol. The van der Waals surface area contributed by atoms with Gasteiger partial charge in [-0.3, -0.25) is 5.10 Å². The van der Waals surface area contributed by atoms with E-state index in [1.807, 2.05) is 20.8 Å². The zero-order chi connectivity index (χ0) is 22.0. The van der Waals surface area contributed by atoms with Crippen molar-refractivity contribution in [3.05, 3.63) is 29.6 Å². The maximum atomic E-state index is 13.3. The molecule has 3 aromatic rings. The van der Waals surface area contributed by atoms with Gasteiger partial charge in [0.2, 0.25) is 0 Å². The number of anilines is 1. The standard InChI is InChI=1S/C20H24F3N7O/c1-18(2,3)17-26-15(29-5-4-19(8-29)9-31-10-19)13-16(27-17)30(11-24-13)7-12-6-25-28-14(12)20(21,22)23/h6,11H,4-5,7-10H2,1-3H3,(H,25,28). The molecule has 2 fully saturated rings. The van der Waals surface area contributed by atoms with Crippen LogP contribution in [-0.2, 0) is 22.9 Å². The molecule has 2 aliphatic heterocycles. The average Bonchev–Trinajstić information content (AvgIpc) is 3.37. The van der Waals surface area contributed by atoms with Crippen molar-refractivity contribution in [2.75, 3.05) is 31.2 Å². The fourth-order valence-corrected chi connectivity index (χ4v) is 4.20. The number of alkyl halides is 3. The van der Waals surface area contributed by atoms with E-state index in [0.717, 1.165) is 38.5 Å². The van der Waals surface area contributed by atoms with Crippen LogP contribution in [0.15, 0.2) is 12.5 Å². The highest BCUT2D eigenvalue weighted by Crippen LogP contribution is 2.40. The Morgan fingerprint density at radius 1 is 1.19 bits per heavy atom. The number of hydrogen-bond acceptors (Lipinski definition) is 6. The molecular formula is C20H24F3N7O. The van der Waals surface area contributed by atoms with Gasteiger partial charge in [-0.2, -0.15) is 18.3 Å². The van der Waals surface area contributed by atoms with Gasteiger partial charge in [0.15, 0.2) is 17.0 Å². The molecule has 0 aromatic carbocycles. The molecule has 0 aliphatic carbocycles. The number of ether oxygens (including phenoxy) is 1. The van der Waals surface area contributed by atoms with Crippen LogP contribution in [0.5, 0.6) is 0 Å². The Bertz CT molecular complexity index is 1120. The summed E-state index contributed by atoms with van der Waals surface area (Å²) >= 11 is 0. The van der Waals surface area contributed by atoms with E-state index in [1.54, 1.807) is 4.57 Å². The molecule has 5 rings (SSSR count). The molecule has 0 bridgehead atoms. The van der Waals surface area contributed by atoms with E-state index in [9.17, 15) is 13.2 Å². The predicted molar refractivity (Wildman–Crippen MR) is 107 cm³/mol. The summed E-state index contributed by atoms with van der Waals surface area (Å²) in [5.41, 5.74) is 0.140. The number of halogens is 3. The summed E-state index contributed by atoms with van der Waals surface area (Å²) in [5.74, 6) is 1.37. The Morgan fingerprint density at radius 3 is 2.58 bits per heavy atom. The normalized spacial score (nSPS) is 18.8. The summed E-state index contributed by atoms with van der Waals surface area (Å²) in [6, 6.07) is 0. The van der Waals surface area contributed by atoms with E-state index in [1.165, 1.54) is 12.5 Å². The molecule has 0 amide bonds. The summed E-state index contributed by atoms with van der Waals surface area (Å²) in [4.78, 5) is 16.3. The van der Waals surface area contributed by atoms with Crippen molar-refractivity contribution in [1.82, 2.24) is 29.7 Å². The molecule has 3 aromatic heterocycles. The molecule has 8 nitrogen and oxygen atoms in total. The van der Waals surface area contributed by atoms with Crippen molar-refractivity contribution in [2.45, 2.75) is 45.3 Å². The highest BCUT2D eigenvalue weighted by Gasteiger charge is 2.45. The van der Waals surface area contributed by atoms with Gasteiger partial charge in [0.05, 0.1) is 32.3 Å². The van der Waals surface area contributed by atoms with Gasteiger partial charge in [-0.25, -0.2) is 15.0 Å². The van der Waals surface area contributed by atoms with Gasteiger partial charge in [-0.15, -0.1) is 0 Å². The largest absolute Gasteiger partial charge is 0.433 e.